The molecule has 2 saturated heterocycles. The SMILES string of the molecule is CO[C@@H]1[C@H](O)[C@@H]([C@@H](O[C@H]2OC(C(=O)N[C@H]3CCCCNC3=O)=C[C@H](O)[C@@H]2O)C(N)=O)O[C@H]1n1ccc(=O)[nH]c1=O. The molecule has 17 heteroatoms. The summed E-state index contributed by atoms with van der Waals surface area (Å²) in [4.78, 5) is 63.2. The topological polar surface area (TPSA) is 254 Å². The van der Waals surface area contributed by atoms with E-state index < -0.39 is 84.0 Å². The van der Waals surface area contributed by atoms with E-state index in [9.17, 15) is 39.3 Å². The van der Waals surface area contributed by atoms with Crippen molar-refractivity contribution in [3.63, 3.8) is 0 Å². The number of primary amides is 1. The summed E-state index contributed by atoms with van der Waals surface area (Å²) in [5.41, 5.74) is 3.93. The summed E-state index contributed by atoms with van der Waals surface area (Å²) in [6.45, 7) is 0.469. The number of aromatic nitrogens is 2. The molecule has 8 N–H and O–H groups in total. The van der Waals surface area contributed by atoms with Gasteiger partial charge in [0, 0.05) is 25.9 Å². The number of aliphatic hydroxyl groups excluding tert-OH is 3. The van der Waals surface area contributed by atoms with Crippen molar-refractivity contribution >= 4 is 17.7 Å². The number of nitrogens with zero attached hydrogens (tertiary/aromatic N) is 1. The number of methoxy groups -OCH3 is 1. The highest BCUT2D eigenvalue weighted by molar-refractivity contribution is 5.95. The van der Waals surface area contributed by atoms with Crippen molar-refractivity contribution in [1.29, 1.82) is 0 Å². The summed E-state index contributed by atoms with van der Waals surface area (Å²) in [5.74, 6) is -2.95. The minimum atomic E-state index is -1.85. The number of rotatable bonds is 8. The van der Waals surface area contributed by atoms with Crippen LogP contribution in [0.5, 0.6) is 0 Å². The highest BCUT2D eigenvalue weighted by Crippen LogP contribution is 2.34. The van der Waals surface area contributed by atoms with Gasteiger partial charge in [-0.15, -0.1) is 0 Å². The van der Waals surface area contributed by atoms with Crippen LogP contribution >= 0.6 is 0 Å². The second kappa shape index (κ2) is 12.3. The number of hydrogen-bond acceptors (Lipinski definition) is 12. The number of aliphatic hydroxyl groups is 3. The standard InChI is InChI=1S/C23H31N5O12/c1-37-16-14(32)15(39-21(16)28-7-5-12(30)27-23(28)36)17(18(24)33)40-22-13(31)10(29)8-11(38-22)20(35)26-9-4-2-3-6-25-19(9)34/h5,7-10,13-17,21-22,29,31-32H,2-4,6H2,1H3,(H2,24,33)(H,25,34)(H,26,35)(H,27,30,36)/t9-,10-,13-,14+,15-,16+,17+,21+,22+/m0/s1. The molecule has 0 aromatic carbocycles. The molecule has 2 fully saturated rings. The zero-order valence-corrected chi connectivity index (χ0v) is 21.3. The Bertz CT molecular complexity index is 1260. The van der Waals surface area contributed by atoms with Gasteiger partial charge in [-0.1, -0.05) is 0 Å². The number of amides is 3. The molecule has 4 rings (SSSR count). The van der Waals surface area contributed by atoms with Gasteiger partial charge in [0.25, 0.3) is 11.5 Å². The molecule has 0 bridgehead atoms. The molecule has 0 spiro atoms. The summed E-state index contributed by atoms with van der Waals surface area (Å²) in [6, 6.07) is 0.173. The Hall–Kier alpha value is -3.61. The highest BCUT2D eigenvalue weighted by Gasteiger charge is 2.52. The third-order valence-electron chi connectivity index (χ3n) is 6.77. The first kappa shape index (κ1) is 29.4. The molecule has 0 saturated carbocycles. The van der Waals surface area contributed by atoms with Crippen molar-refractivity contribution < 1.29 is 48.7 Å². The molecule has 17 nitrogen and oxygen atoms in total. The first-order chi connectivity index (χ1) is 19.0. The van der Waals surface area contributed by atoms with E-state index in [4.69, 9.17) is 24.7 Å². The average molecular weight is 570 g/mol. The summed E-state index contributed by atoms with van der Waals surface area (Å²) < 4.78 is 22.8. The normalized spacial score (nSPS) is 33.2. The van der Waals surface area contributed by atoms with Crippen LogP contribution in [0.2, 0.25) is 0 Å². The third-order valence-corrected chi connectivity index (χ3v) is 6.77. The molecule has 4 heterocycles. The lowest BCUT2D eigenvalue weighted by atomic mass is 10.0. The molecule has 1 aromatic rings. The van der Waals surface area contributed by atoms with Gasteiger partial charge in [0.05, 0.1) is 0 Å². The summed E-state index contributed by atoms with van der Waals surface area (Å²) in [7, 11) is 1.21. The number of hydrogen-bond donors (Lipinski definition) is 7. The van der Waals surface area contributed by atoms with E-state index in [0.717, 1.165) is 29.3 Å². The van der Waals surface area contributed by atoms with E-state index in [1.807, 2.05) is 4.98 Å². The first-order valence-corrected chi connectivity index (χ1v) is 12.5. The van der Waals surface area contributed by atoms with Crippen LogP contribution in [0.3, 0.4) is 0 Å². The first-order valence-electron chi connectivity index (χ1n) is 12.5. The van der Waals surface area contributed by atoms with E-state index in [0.29, 0.717) is 19.4 Å². The Balaban J connectivity index is 1.52. The number of ether oxygens (including phenoxy) is 4. The fraction of sp³-hybridized carbons (Fsp3) is 0.609. The maximum absolute atomic E-state index is 12.8. The fourth-order valence-electron chi connectivity index (χ4n) is 4.68. The monoisotopic (exact) mass is 569 g/mol. The van der Waals surface area contributed by atoms with Crippen LogP contribution in [-0.4, -0.2) is 105 Å². The van der Waals surface area contributed by atoms with Gasteiger partial charge in [0.2, 0.25) is 18.1 Å². The molecule has 0 aliphatic carbocycles. The molecular formula is C23H31N5O12. The molecule has 0 unspecified atom stereocenters. The van der Waals surface area contributed by atoms with Gasteiger partial charge in [-0.05, 0) is 25.3 Å². The molecule has 1 aromatic heterocycles. The molecule has 3 amide bonds. The van der Waals surface area contributed by atoms with Crippen LogP contribution in [0.15, 0.2) is 33.7 Å². The van der Waals surface area contributed by atoms with Crippen LogP contribution in [0.1, 0.15) is 25.5 Å². The number of H-pyrrole nitrogens is 1. The Kier molecular flexibility index (Phi) is 9.02. The van der Waals surface area contributed by atoms with Gasteiger partial charge in [-0.3, -0.25) is 28.7 Å². The maximum Gasteiger partial charge on any atom is 0.330 e. The summed E-state index contributed by atoms with van der Waals surface area (Å²) in [5, 5.41) is 36.8. The van der Waals surface area contributed by atoms with E-state index in [1.165, 1.54) is 7.11 Å². The van der Waals surface area contributed by atoms with E-state index in [2.05, 4.69) is 10.6 Å². The number of carbonyl (C=O) groups excluding carboxylic acids is 3. The molecule has 40 heavy (non-hydrogen) atoms. The molecule has 3 aliphatic rings. The minimum Gasteiger partial charge on any atom is -0.456 e. The van der Waals surface area contributed by atoms with Crippen molar-refractivity contribution in [3.05, 3.63) is 44.9 Å². The van der Waals surface area contributed by atoms with Crippen LogP contribution < -0.4 is 27.6 Å². The molecular weight excluding hydrogens is 538 g/mol. The number of nitrogens with two attached hydrogens (primary N) is 1. The average Bonchev–Trinajstić information content (AvgIpc) is 3.08. The van der Waals surface area contributed by atoms with E-state index >= 15 is 0 Å². The molecule has 9 atom stereocenters. The van der Waals surface area contributed by atoms with Gasteiger partial charge in [0.1, 0.15) is 36.6 Å². The predicted molar refractivity (Wildman–Crippen MR) is 130 cm³/mol. The second-order valence-electron chi connectivity index (χ2n) is 9.47. The quantitative estimate of drug-likeness (QED) is 0.156. The Labute approximate surface area is 225 Å². The number of carbonyl (C=O) groups is 3. The van der Waals surface area contributed by atoms with Gasteiger partial charge in [-0.25, -0.2) is 4.79 Å². The minimum absolute atomic E-state index is 0.372. The van der Waals surface area contributed by atoms with Crippen molar-refractivity contribution in [2.45, 2.75) is 74.4 Å². The fourth-order valence-corrected chi connectivity index (χ4v) is 4.68. The van der Waals surface area contributed by atoms with Crippen molar-refractivity contribution in [2.75, 3.05) is 13.7 Å². The smallest absolute Gasteiger partial charge is 0.330 e. The lowest BCUT2D eigenvalue weighted by Crippen LogP contribution is -2.54. The third kappa shape index (κ3) is 6.08. The maximum atomic E-state index is 12.8. The molecule has 0 radical (unpaired) electrons. The van der Waals surface area contributed by atoms with Gasteiger partial charge < -0.3 is 50.6 Å². The van der Waals surface area contributed by atoms with Crippen LogP contribution in [-0.2, 0) is 33.3 Å². The van der Waals surface area contributed by atoms with Gasteiger partial charge in [0.15, 0.2) is 18.1 Å². The van der Waals surface area contributed by atoms with E-state index in [-0.39, 0.29) is 5.91 Å². The van der Waals surface area contributed by atoms with Crippen LogP contribution in [0.4, 0.5) is 0 Å². The number of nitrogens with one attached hydrogen (secondary N) is 3. The number of aromatic amines is 1. The Morgan fingerprint density at radius 1 is 1.20 bits per heavy atom. The lowest BCUT2D eigenvalue weighted by Gasteiger charge is -2.34. The van der Waals surface area contributed by atoms with E-state index in [1.54, 1.807) is 0 Å². The zero-order valence-electron chi connectivity index (χ0n) is 21.3. The van der Waals surface area contributed by atoms with Gasteiger partial charge >= 0.3 is 5.69 Å². The second-order valence-corrected chi connectivity index (χ2v) is 9.47. The highest BCUT2D eigenvalue weighted by atomic mass is 16.7. The lowest BCUT2D eigenvalue weighted by molar-refractivity contribution is -0.240. The summed E-state index contributed by atoms with van der Waals surface area (Å²) in [6.07, 6.45) is -9.19. The van der Waals surface area contributed by atoms with Crippen molar-refractivity contribution in [2.24, 2.45) is 5.73 Å². The van der Waals surface area contributed by atoms with Crippen LogP contribution in [0, 0.1) is 0 Å². The zero-order chi connectivity index (χ0) is 29.1. The van der Waals surface area contributed by atoms with Crippen molar-refractivity contribution in [3.8, 4) is 0 Å². The molecule has 220 valence electrons. The van der Waals surface area contributed by atoms with Crippen LogP contribution in [0.25, 0.3) is 0 Å². The predicted octanol–water partition coefficient (Wildman–Crippen LogP) is -4.57. The summed E-state index contributed by atoms with van der Waals surface area (Å²) >= 11 is 0. The Morgan fingerprint density at radius 3 is 2.62 bits per heavy atom. The Morgan fingerprint density at radius 2 is 1.95 bits per heavy atom. The molecule has 3 aliphatic heterocycles. The largest absolute Gasteiger partial charge is 0.456 e. The van der Waals surface area contributed by atoms with Crippen molar-refractivity contribution in [1.82, 2.24) is 20.2 Å². The van der Waals surface area contributed by atoms with Gasteiger partial charge in [-0.2, -0.15) is 0 Å².